The fraction of sp³-hybridized carbons (Fsp3) is 0.333. The Morgan fingerprint density at radius 2 is 1.15 bits per heavy atom. The normalized spacial score (nSPS) is 15.5. The highest BCUT2D eigenvalue weighted by Gasteiger charge is 2.20. The standard InChI is InChI=1S/C12H12Cl2N6/c13-9-1-3-15-11(17-9)19-5-7-20(8-6-19)12-16-4-2-10(14)18-12/h1-4H,5-8H2. The Morgan fingerprint density at radius 3 is 1.50 bits per heavy atom. The number of halogens is 2. The molecule has 1 aliphatic heterocycles. The molecule has 6 nitrogen and oxygen atoms in total. The highest BCUT2D eigenvalue weighted by Crippen LogP contribution is 2.17. The molecule has 0 saturated carbocycles. The van der Waals surface area contributed by atoms with Crippen LogP contribution < -0.4 is 9.80 Å². The van der Waals surface area contributed by atoms with Crippen molar-refractivity contribution in [3.63, 3.8) is 0 Å². The lowest BCUT2D eigenvalue weighted by molar-refractivity contribution is 0.628. The minimum Gasteiger partial charge on any atom is -0.337 e. The van der Waals surface area contributed by atoms with Gasteiger partial charge in [-0.3, -0.25) is 0 Å². The van der Waals surface area contributed by atoms with Crippen LogP contribution in [0, 0.1) is 0 Å². The largest absolute Gasteiger partial charge is 0.337 e. The molecule has 0 spiro atoms. The Balaban J connectivity index is 1.68. The van der Waals surface area contributed by atoms with Gasteiger partial charge in [-0.05, 0) is 12.1 Å². The number of hydrogen-bond donors (Lipinski definition) is 0. The van der Waals surface area contributed by atoms with Gasteiger partial charge in [0.25, 0.3) is 0 Å². The van der Waals surface area contributed by atoms with Gasteiger partial charge in [-0.1, -0.05) is 23.2 Å². The highest BCUT2D eigenvalue weighted by molar-refractivity contribution is 6.29. The van der Waals surface area contributed by atoms with E-state index >= 15 is 0 Å². The highest BCUT2D eigenvalue weighted by atomic mass is 35.5. The zero-order valence-electron chi connectivity index (χ0n) is 10.6. The summed E-state index contributed by atoms with van der Waals surface area (Å²) in [6.07, 6.45) is 3.33. The van der Waals surface area contributed by atoms with Crippen molar-refractivity contribution >= 4 is 35.1 Å². The lowest BCUT2D eigenvalue weighted by Crippen LogP contribution is -2.47. The average molecular weight is 311 g/mol. The van der Waals surface area contributed by atoms with E-state index in [9.17, 15) is 0 Å². The van der Waals surface area contributed by atoms with Gasteiger partial charge < -0.3 is 9.80 Å². The summed E-state index contributed by atoms with van der Waals surface area (Å²) >= 11 is 11.8. The van der Waals surface area contributed by atoms with Crippen molar-refractivity contribution in [3.05, 3.63) is 34.8 Å². The van der Waals surface area contributed by atoms with E-state index in [0.717, 1.165) is 26.2 Å². The van der Waals surface area contributed by atoms with Crippen molar-refractivity contribution in [2.45, 2.75) is 0 Å². The second-order valence-electron chi connectivity index (χ2n) is 4.33. The first-order valence-electron chi connectivity index (χ1n) is 6.19. The Kier molecular flexibility index (Phi) is 3.84. The van der Waals surface area contributed by atoms with E-state index in [-0.39, 0.29) is 0 Å². The number of piperazine rings is 1. The quantitative estimate of drug-likeness (QED) is 0.790. The molecule has 1 saturated heterocycles. The van der Waals surface area contributed by atoms with Gasteiger partial charge in [-0.15, -0.1) is 0 Å². The molecule has 2 aromatic heterocycles. The van der Waals surface area contributed by atoms with E-state index in [2.05, 4.69) is 29.7 Å². The molecule has 3 rings (SSSR count). The third-order valence-electron chi connectivity index (χ3n) is 3.06. The SMILES string of the molecule is Clc1ccnc(N2CCN(c3nccc(Cl)n3)CC2)n1. The van der Waals surface area contributed by atoms with Crippen LogP contribution in [-0.2, 0) is 0 Å². The Hall–Kier alpha value is -1.66. The topological polar surface area (TPSA) is 58.0 Å². The van der Waals surface area contributed by atoms with Crippen LogP contribution in [0.4, 0.5) is 11.9 Å². The molecule has 0 unspecified atom stereocenters. The molecule has 8 heteroatoms. The van der Waals surface area contributed by atoms with Crippen LogP contribution in [0.1, 0.15) is 0 Å². The maximum absolute atomic E-state index is 5.88. The molecular formula is C12H12Cl2N6. The van der Waals surface area contributed by atoms with Crippen LogP contribution >= 0.6 is 23.2 Å². The van der Waals surface area contributed by atoms with E-state index in [1.807, 2.05) is 0 Å². The zero-order chi connectivity index (χ0) is 13.9. The van der Waals surface area contributed by atoms with Gasteiger partial charge in [0.1, 0.15) is 10.3 Å². The van der Waals surface area contributed by atoms with Gasteiger partial charge in [-0.25, -0.2) is 19.9 Å². The summed E-state index contributed by atoms with van der Waals surface area (Å²) in [5.41, 5.74) is 0. The summed E-state index contributed by atoms with van der Waals surface area (Å²) in [6.45, 7) is 3.15. The summed E-state index contributed by atoms with van der Waals surface area (Å²) in [5.74, 6) is 1.31. The van der Waals surface area contributed by atoms with E-state index in [1.54, 1.807) is 24.5 Å². The van der Waals surface area contributed by atoms with Crippen LogP contribution in [-0.4, -0.2) is 46.1 Å². The number of anilines is 2. The Bertz CT molecular complexity index is 547. The zero-order valence-corrected chi connectivity index (χ0v) is 12.1. The molecule has 20 heavy (non-hydrogen) atoms. The second-order valence-corrected chi connectivity index (χ2v) is 5.11. The van der Waals surface area contributed by atoms with Crippen LogP contribution in [0.2, 0.25) is 10.3 Å². The molecule has 1 aliphatic rings. The van der Waals surface area contributed by atoms with Crippen LogP contribution in [0.15, 0.2) is 24.5 Å². The first-order valence-corrected chi connectivity index (χ1v) is 6.95. The molecule has 0 atom stereocenters. The second kappa shape index (κ2) is 5.76. The van der Waals surface area contributed by atoms with Crippen molar-refractivity contribution in [2.24, 2.45) is 0 Å². The molecule has 3 heterocycles. The predicted molar refractivity (Wildman–Crippen MR) is 78.5 cm³/mol. The number of aromatic nitrogens is 4. The molecule has 2 aromatic rings. The molecule has 0 amide bonds. The molecule has 0 N–H and O–H groups in total. The van der Waals surface area contributed by atoms with E-state index in [1.165, 1.54) is 0 Å². The Labute approximate surface area is 126 Å². The predicted octanol–water partition coefficient (Wildman–Crippen LogP) is 1.90. The first-order chi connectivity index (χ1) is 9.72. The minimum absolute atomic E-state index is 0.454. The molecule has 104 valence electrons. The summed E-state index contributed by atoms with van der Waals surface area (Å²) in [6, 6.07) is 3.34. The number of rotatable bonds is 2. The first kappa shape index (κ1) is 13.3. The van der Waals surface area contributed by atoms with Crippen molar-refractivity contribution < 1.29 is 0 Å². The smallest absolute Gasteiger partial charge is 0.226 e. The number of hydrogen-bond acceptors (Lipinski definition) is 6. The average Bonchev–Trinajstić information content (AvgIpc) is 2.47. The van der Waals surface area contributed by atoms with Gasteiger partial charge in [0, 0.05) is 38.6 Å². The fourth-order valence-electron chi connectivity index (χ4n) is 2.07. The van der Waals surface area contributed by atoms with Crippen LogP contribution in [0.3, 0.4) is 0 Å². The monoisotopic (exact) mass is 310 g/mol. The van der Waals surface area contributed by atoms with Gasteiger partial charge in [0.15, 0.2) is 0 Å². The van der Waals surface area contributed by atoms with Crippen molar-refractivity contribution in [1.29, 1.82) is 0 Å². The molecule has 0 bridgehead atoms. The third-order valence-corrected chi connectivity index (χ3v) is 3.48. The Morgan fingerprint density at radius 1 is 0.750 bits per heavy atom. The molecule has 1 fully saturated rings. The van der Waals surface area contributed by atoms with E-state index in [0.29, 0.717) is 22.2 Å². The molecule has 0 aromatic carbocycles. The van der Waals surface area contributed by atoms with Crippen molar-refractivity contribution in [3.8, 4) is 0 Å². The molecular weight excluding hydrogens is 299 g/mol. The summed E-state index contributed by atoms with van der Waals surface area (Å²) in [7, 11) is 0. The third kappa shape index (κ3) is 2.91. The van der Waals surface area contributed by atoms with Gasteiger partial charge in [-0.2, -0.15) is 0 Å². The fourth-order valence-corrected chi connectivity index (χ4v) is 2.33. The summed E-state index contributed by atoms with van der Waals surface area (Å²) in [5, 5.41) is 0.909. The van der Waals surface area contributed by atoms with Crippen LogP contribution in [0.5, 0.6) is 0 Å². The van der Waals surface area contributed by atoms with Gasteiger partial charge in [0.2, 0.25) is 11.9 Å². The van der Waals surface area contributed by atoms with Gasteiger partial charge in [0.05, 0.1) is 0 Å². The number of nitrogens with zero attached hydrogens (tertiary/aromatic N) is 6. The van der Waals surface area contributed by atoms with Crippen LogP contribution in [0.25, 0.3) is 0 Å². The maximum Gasteiger partial charge on any atom is 0.226 e. The van der Waals surface area contributed by atoms with Crippen molar-refractivity contribution in [2.75, 3.05) is 36.0 Å². The maximum atomic E-state index is 5.88. The summed E-state index contributed by atoms with van der Waals surface area (Å²) in [4.78, 5) is 21.1. The minimum atomic E-state index is 0.454. The molecule has 0 radical (unpaired) electrons. The van der Waals surface area contributed by atoms with E-state index in [4.69, 9.17) is 23.2 Å². The lowest BCUT2D eigenvalue weighted by Gasteiger charge is -2.34. The van der Waals surface area contributed by atoms with Gasteiger partial charge >= 0.3 is 0 Å². The molecule has 0 aliphatic carbocycles. The van der Waals surface area contributed by atoms with Crippen molar-refractivity contribution in [1.82, 2.24) is 19.9 Å². The van der Waals surface area contributed by atoms with E-state index < -0.39 is 0 Å². The summed E-state index contributed by atoms with van der Waals surface area (Å²) < 4.78 is 0. The lowest BCUT2D eigenvalue weighted by atomic mass is 10.3.